The number of ether oxygens (including phenoxy) is 1. The fraction of sp³-hybridized carbons (Fsp3) is 0.259. The molecule has 5 rings (SSSR count). The van der Waals surface area contributed by atoms with Crippen molar-refractivity contribution >= 4 is 22.8 Å². The molecule has 1 unspecified atom stereocenters. The van der Waals surface area contributed by atoms with E-state index in [2.05, 4.69) is 21.6 Å². The van der Waals surface area contributed by atoms with Gasteiger partial charge in [0, 0.05) is 31.3 Å². The number of fused-ring (bicyclic) bond motifs is 1. The molecule has 0 saturated carbocycles. The van der Waals surface area contributed by atoms with Crippen molar-refractivity contribution in [1.29, 1.82) is 0 Å². The van der Waals surface area contributed by atoms with Gasteiger partial charge in [0.2, 0.25) is 17.5 Å². The molecule has 39 heavy (non-hydrogen) atoms. The van der Waals surface area contributed by atoms with Crippen molar-refractivity contribution in [2.75, 3.05) is 18.8 Å². The Morgan fingerprint density at radius 2 is 1.97 bits per heavy atom. The van der Waals surface area contributed by atoms with Crippen LogP contribution in [-0.2, 0) is 11.3 Å². The summed E-state index contributed by atoms with van der Waals surface area (Å²) >= 11 is 0. The van der Waals surface area contributed by atoms with E-state index >= 15 is 4.39 Å². The molecule has 4 aromatic rings. The highest BCUT2D eigenvalue weighted by Gasteiger charge is 2.26. The molecule has 202 valence electrons. The van der Waals surface area contributed by atoms with E-state index in [1.807, 2.05) is 0 Å². The quantitative estimate of drug-likeness (QED) is 0.206. The second kappa shape index (κ2) is 10.4. The van der Waals surface area contributed by atoms with Crippen LogP contribution in [0.25, 0.3) is 22.3 Å². The van der Waals surface area contributed by atoms with Crippen molar-refractivity contribution in [2.45, 2.75) is 26.3 Å². The van der Waals surface area contributed by atoms with E-state index in [9.17, 15) is 18.0 Å². The standard InChI is InChI=1S/C27H24F4N6O2/c1-3-20(38)36-8-4-5-15(11-36)12-37-27-21(26(32)33-13-34-27)24(35-37)17-7-6-16(10-18(17)28)39-25-22(30)14(2)9-19(29)23(25)31/h3,6-7,9-10,13,15H,1,4-5,8,11-12H2,2H3,(H2,32,33,34). The SMILES string of the molecule is C=CC(=O)N1CCCC(Cn2nc(-c3ccc(Oc4c(F)c(C)cc(F)c4F)cc3F)c3c(N)ncnc32)C1. The molecule has 0 aliphatic carbocycles. The maximum atomic E-state index is 15.4. The number of hydrogen-bond donors (Lipinski definition) is 1. The van der Waals surface area contributed by atoms with Gasteiger partial charge in [-0.05, 0) is 55.5 Å². The third kappa shape index (κ3) is 4.89. The number of rotatable bonds is 6. The van der Waals surface area contributed by atoms with Gasteiger partial charge in [0.1, 0.15) is 29.4 Å². The lowest BCUT2D eigenvalue weighted by molar-refractivity contribution is -0.127. The van der Waals surface area contributed by atoms with Gasteiger partial charge in [-0.2, -0.15) is 9.49 Å². The number of aromatic nitrogens is 4. The molecule has 1 fully saturated rings. The maximum Gasteiger partial charge on any atom is 0.245 e. The van der Waals surface area contributed by atoms with E-state index in [-0.39, 0.29) is 40.2 Å². The fourth-order valence-corrected chi connectivity index (χ4v) is 4.79. The first-order chi connectivity index (χ1) is 18.7. The summed E-state index contributed by atoms with van der Waals surface area (Å²) in [5, 5.41) is 4.92. The van der Waals surface area contributed by atoms with Gasteiger partial charge in [-0.3, -0.25) is 4.79 Å². The lowest BCUT2D eigenvalue weighted by Crippen LogP contribution is -2.40. The number of piperidine rings is 1. The molecular weight excluding hydrogens is 516 g/mol. The van der Waals surface area contributed by atoms with E-state index in [0.29, 0.717) is 36.7 Å². The lowest BCUT2D eigenvalue weighted by Gasteiger charge is -2.32. The highest BCUT2D eigenvalue weighted by molar-refractivity contribution is 5.98. The number of likely N-dealkylation sites (tertiary alicyclic amines) is 1. The first kappa shape index (κ1) is 26.1. The van der Waals surface area contributed by atoms with Gasteiger partial charge in [0.25, 0.3) is 0 Å². The normalized spacial score (nSPS) is 15.5. The van der Waals surface area contributed by atoms with Crippen molar-refractivity contribution in [3.63, 3.8) is 0 Å². The summed E-state index contributed by atoms with van der Waals surface area (Å²) in [5.74, 6) is -5.93. The molecular formula is C27H24F4N6O2. The monoisotopic (exact) mass is 540 g/mol. The molecule has 3 heterocycles. The molecule has 1 aliphatic heterocycles. The highest BCUT2D eigenvalue weighted by Crippen LogP contribution is 2.36. The van der Waals surface area contributed by atoms with E-state index in [0.717, 1.165) is 18.9 Å². The lowest BCUT2D eigenvalue weighted by atomic mass is 9.98. The fourth-order valence-electron chi connectivity index (χ4n) is 4.79. The molecule has 0 bridgehead atoms. The first-order valence-electron chi connectivity index (χ1n) is 12.2. The van der Waals surface area contributed by atoms with Crippen LogP contribution in [-0.4, -0.2) is 43.6 Å². The van der Waals surface area contributed by atoms with Crippen LogP contribution in [0.3, 0.4) is 0 Å². The second-order valence-corrected chi connectivity index (χ2v) is 9.36. The van der Waals surface area contributed by atoms with Crippen molar-refractivity contribution < 1.29 is 27.1 Å². The highest BCUT2D eigenvalue weighted by atomic mass is 19.2. The second-order valence-electron chi connectivity index (χ2n) is 9.36. The molecule has 2 N–H and O–H groups in total. The van der Waals surface area contributed by atoms with Gasteiger partial charge >= 0.3 is 0 Å². The number of nitrogens with two attached hydrogens (primary N) is 1. The number of benzene rings is 2. The third-order valence-electron chi connectivity index (χ3n) is 6.71. The zero-order valence-corrected chi connectivity index (χ0v) is 20.9. The summed E-state index contributed by atoms with van der Waals surface area (Å²) in [7, 11) is 0. The molecule has 1 aliphatic rings. The predicted molar refractivity (Wildman–Crippen MR) is 136 cm³/mol. The zero-order chi connectivity index (χ0) is 27.8. The van der Waals surface area contributed by atoms with Crippen LogP contribution in [0.15, 0.2) is 43.2 Å². The molecule has 2 aromatic carbocycles. The molecule has 8 nitrogen and oxygen atoms in total. The van der Waals surface area contributed by atoms with Crippen molar-refractivity contribution in [3.8, 4) is 22.8 Å². The minimum absolute atomic E-state index is 0.0241. The van der Waals surface area contributed by atoms with Crippen LogP contribution in [0, 0.1) is 36.1 Å². The van der Waals surface area contributed by atoms with Gasteiger partial charge < -0.3 is 15.4 Å². The van der Waals surface area contributed by atoms with Gasteiger partial charge in [-0.25, -0.2) is 27.8 Å². The molecule has 1 saturated heterocycles. The van der Waals surface area contributed by atoms with Gasteiger partial charge in [0.15, 0.2) is 17.3 Å². The van der Waals surface area contributed by atoms with Crippen LogP contribution >= 0.6 is 0 Å². The van der Waals surface area contributed by atoms with Gasteiger partial charge in [0.05, 0.1) is 5.39 Å². The number of carbonyl (C=O) groups excluding carboxylic acids is 1. The molecule has 0 spiro atoms. The minimum Gasteiger partial charge on any atom is -0.451 e. The Labute approximate surface area is 220 Å². The maximum absolute atomic E-state index is 15.4. The van der Waals surface area contributed by atoms with Crippen molar-refractivity contribution in [1.82, 2.24) is 24.6 Å². The summed E-state index contributed by atoms with van der Waals surface area (Å²) in [6.45, 7) is 6.35. The molecule has 1 amide bonds. The number of anilines is 1. The molecule has 1 atom stereocenters. The predicted octanol–water partition coefficient (Wildman–Crippen LogP) is 5.16. The van der Waals surface area contributed by atoms with Crippen LogP contribution in [0.4, 0.5) is 23.4 Å². The van der Waals surface area contributed by atoms with Crippen LogP contribution in [0.5, 0.6) is 11.5 Å². The average Bonchev–Trinajstić information content (AvgIpc) is 3.28. The number of hydrogen-bond acceptors (Lipinski definition) is 6. The van der Waals surface area contributed by atoms with Crippen LogP contribution in [0.2, 0.25) is 0 Å². The number of aryl methyl sites for hydroxylation is 1. The Morgan fingerprint density at radius 3 is 2.72 bits per heavy atom. The first-order valence-corrected chi connectivity index (χ1v) is 12.2. The Bertz CT molecular complexity index is 1580. The summed E-state index contributed by atoms with van der Waals surface area (Å²) in [5.41, 5.74) is 6.55. The third-order valence-corrected chi connectivity index (χ3v) is 6.71. The number of carbonyl (C=O) groups is 1. The zero-order valence-electron chi connectivity index (χ0n) is 20.9. The van der Waals surface area contributed by atoms with E-state index in [4.69, 9.17) is 10.5 Å². The largest absolute Gasteiger partial charge is 0.451 e. The number of nitrogen functional groups attached to an aromatic ring is 1. The van der Waals surface area contributed by atoms with Gasteiger partial charge in [-0.1, -0.05) is 6.58 Å². The molecule has 2 aromatic heterocycles. The number of nitrogens with zero attached hydrogens (tertiary/aromatic N) is 5. The Balaban J connectivity index is 1.49. The van der Waals surface area contributed by atoms with Crippen LogP contribution in [0.1, 0.15) is 18.4 Å². The summed E-state index contributed by atoms with van der Waals surface area (Å²) in [4.78, 5) is 22.2. The summed E-state index contributed by atoms with van der Waals surface area (Å²) in [6, 6.07) is 4.22. The smallest absolute Gasteiger partial charge is 0.245 e. The van der Waals surface area contributed by atoms with Crippen molar-refractivity contribution in [3.05, 3.63) is 72.1 Å². The topological polar surface area (TPSA) is 99.2 Å². The minimum atomic E-state index is -1.52. The Hall–Kier alpha value is -4.48. The summed E-state index contributed by atoms with van der Waals surface area (Å²) < 4.78 is 64.5. The Kier molecular flexibility index (Phi) is 6.94. The number of amides is 1. The van der Waals surface area contributed by atoms with E-state index in [1.54, 1.807) is 9.58 Å². The van der Waals surface area contributed by atoms with Gasteiger partial charge in [-0.15, -0.1) is 0 Å². The van der Waals surface area contributed by atoms with E-state index in [1.165, 1.54) is 31.5 Å². The molecule has 12 heteroatoms. The molecule has 0 radical (unpaired) electrons. The Morgan fingerprint density at radius 1 is 1.18 bits per heavy atom. The van der Waals surface area contributed by atoms with Crippen LogP contribution < -0.4 is 10.5 Å². The number of halogens is 4. The van der Waals surface area contributed by atoms with E-state index < -0.39 is 29.0 Å². The average molecular weight is 541 g/mol. The van der Waals surface area contributed by atoms with Crippen molar-refractivity contribution in [2.24, 2.45) is 5.92 Å². The summed E-state index contributed by atoms with van der Waals surface area (Å²) in [6.07, 6.45) is 4.23.